The normalized spacial score (nSPS) is 36.7. The second-order valence-corrected chi connectivity index (χ2v) is 3.89. The molecule has 2 saturated carbocycles. The summed E-state index contributed by atoms with van der Waals surface area (Å²) in [7, 11) is 0. The van der Waals surface area contributed by atoms with Crippen molar-refractivity contribution in [3.05, 3.63) is 0 Å². The van der Waals surface area contributed by atoms with Crippen molar-refractivity contribution >= 4 is 11.8 Å². The number of Topliss-reactive ketones (excluding diaryl/α,β-unsaturated/α-hetero) is 1. The van der Waals surface area contributed by atoms with Crippen LogP contribution in [0.3, 0.4) is 0 Å². The molecule has 0 aliphatic heterocycles. The van der Waals surface area contributed by atoms with Gasteiger partial charge < -0.3 is 4.74 Å². The van der Waals surface area contributed by atoms with E-state index in [0.717, 1.165) is 12.8 Å². The zero-order chi connectivity index (χ0) is 9.42. The van der Waals surface area contributed by atoms with Gasteiger partial charge >= 0.3 is 5.97 Å². The molecule has 0 aromatic rings. The molecule has 3 unspecified atom stereocenters. The Bertz CT molecular complexity index is 247. The molecule has 0 aromatic heterocycles. The van der Waals surface area contributed by atoms with Crippen molar-refractivity contribution in [3.63, 3.8) is 0 Å². The third-order valence-electron chi connectivity index (χ3n) is 3.05. The summed E-state index contributed by atoms with van der Waals surface area (Å²) in [5, 5.41) is 0. The van der Waals surface area contributed by atoms with Crippen LogP contribution in [0, 0.1) is 17.8 Å². The Morgan fingerprint density at radius 3 is 3.08 bits per heavy atom. The lowest BCUT2D eigenvalue weighted by atomic mass is 9.88. The zero-order valence-electron chi connectivity index (χ0n) is 7.79. The first kappa shape index (κ1) is 8.73. The van der Waals surface area contributed by atoms with Crippen molar-refractivity contribution in [2.75, 3.05) is 6.61 Å². The van der Waals surface area contributed by atoms with Gasteiger partial charge in [-0.15, -0.1) is 0 Å². The monoisotopic (exact) mass is 182 g/mol. The van der Waals surface area contributed by atoms with Crippen molar-refractivity contribution in [3.8, 4) is 0 Å². The highest BCUT2D eigenvalue weighted by Gasteiger charge is 2.52. The molecule has 3 heteroatoms. The molecule has 2 aliphatic rings. The second-order valence-electron chi connectivity index (χ2n) is 3.89. The van der Waals surface area contributed by atoms with Crippen LogP contribution in [0.1, 0.15) is 26.2 Å². The number of carbonyl (C=O) groups excluding carboxylic acids is 2. The van der Waals surface area contributed by atoms with Crippen LogP contribution in [-0.4, -0.2) is 18.4 Å². The number of rotatable bonds is 2. The van der Waals surface area contributed by atoms with E-state index >= 15 is 0 Å². The van der Waals surface area contributed by atoms with Gasteiger partial charge in [0.2, 0.25) is 0 Å². The molecule has 2 aliphatic carbocycles. The molecule has 0 heterocycles. The lowest BCUT2D eigenvalue weighted by molar-refractivity contribution is -0.153. The highest BCUT2D eigenvalue weighted by molar-refractivity contribution is 6.00. The summed E-state index contributed by atoms with van der Waals surface area (Å²) in [5.74, 6) is 0.336. The molecule has 3 atom stereocenters. The maximum absolute atomic E-state index is 11.4. The van der Waals surface area contributed by atoms with Crippen molar-refractivity contribution in [2.45, 2.75) is 26.2 Å². The molecule has 0 N–H and O–H groups in total. The largest absolute Gasteiger partial charge is 0.465 e. The molecule has 72 valence electrons. The quantitative estimate of drug-likeness (QED) is 0.475. The summed E-state index contributed by atoms with van der Waals surface area (Å²) in [6, 6.07) is 0. The van der Waals surface area contributed by atoms with Gasteiger partial charge in [0.25, 0.3) is 0 Å². The van der Waals surface area contributed by atoms with Gasteiger partial charge in [0, 0.05) is 6.42 Å². The maximum atomic E-state index is 11.4. The van der Waals surface area contributed by atoms with E-state index in [0.29, 0.717) is 24.9 Å². The molecule has 0 bridgehead atoms. The predicted molar refractivity (Wildman–Crippen MR) is 46.0 cm³/mol. The summed E-state index contributed by atoms with van der Waals surface area (Å²) in [4.78, 5) is 22.8. The van der Waals surface area contributed by atoms with Crippen LogP contribution in [0.25, 0.3) is 0 Å². The van der Waals surface area contributed by atoms with Crippen molar-refractivity contribution in [1.82, 2.24) is 0 Å². The van der Waals surface area contributed by atoms with Gasteiger partial charge in [-0.25, -0.2) is 0 Å². The number of esters is 1. The Kier molecular flexibility index (Phi) is 2.10. The Morgan fingerprint density at radius 2 is 2.38 bits per heavy atom. The van der Waals surface area contributed by atoms with Crippen LogP contribution >= 0.6 is 0 Å². The molecule has 0 saturated heterocycles. The fraction of sp³-hybridized carbons (Fsp3) is 0.800. The maximum Gasteiger partial charge on any atom is 0.316 e. The Morgan fingerprint density at radius 1 is 1.62 bits per heavy atom. The van der Waals surface area contributed by atoms with Gasteiger partial charge in [-0.05, 0) is 31.6 Å². The molecular weight excluding hydrogens is 168 g/mol. The van der Waals surface area contributed by atoms with Gasteiger partial charge in [0.15, 0.2) is 0 Å². The average molecular weight is 182 g/mol. The molecule has 0 amide bonds. The highest BCUT2D eigenvalue weighted by atomic mass is 16.5. The second kappa shape index (κ2) is 3.13. The van der Waals surface area contributed by atoms with E-state index in [-0.39, 0.29) is 11.8 Å². The summed E-state index contributed by atoms with van der Waals surface area (Å²) < 4.78 is 4.89. The fourth-order valence-electron chi connectivity index (χ4n) is 2.27. The molecule has 2 rings (SSSR count). The van der Waals surface area contributed by atoms with Crippen molar-refractivity contribution in [2.24, 2.45) is 17.8 Å². The summed E-state index contributed by atoms with van der Waals surface area (Å²) >= 11 is 0. The Labute approximate surface area is 77.4 Å². The van der Waals surface area contributed by atoms with E-state index in [2.05, 4.69) is 0 Å². The first-order chi connectivity index (χ1) is 6.24. The topological polar surface area (TPSA) is 43.4 Å². The van der Waals surface area contributed by atoms with Crippen molar-refractivity contribution < 1.29 is 14.3 Å². The smallest absolute Gasteiger partial charge is 0.316 e. The van der Waals surface area contributed by atoms with E-state index in [1.54, 1.807) is 6.92 Å². The minimum atomic E-state index is -0.418. The van der Waals surface area contributed by atoms with E-state index < -0.39 is 5.92 Å². The minimum Gasteiger partial charge on any atom is -0.465 e. The van der Waals surface area contributed by atoms with Crippen LogP contribution in [0.4, 0.5) is 0 Å². The van der Waals surface area contributed by atoms with Gasteiger partial charge in [0.1, 0.15) is 11.7 Å². The highest BCUT2D eigenvalue weighted by Crippen LogP contribution is 2.51. The number of fused-ring (bicyclic) bond motifs is 1. The Balaban J connectivity index is 2.03. The third kappa shape index (κ3) is 1.47. The summed E-state index contributed by atoms with van der Waals surface area (Å²) in [6.45, 7) is 2.15. The van der Waals surface area contributed by atoms with E-state index in [9.17, 15) is 9.59 Å². The van der Waals surface area contributed by atoms with Crippen LogP contribution in [0.15, 0.2) is 0 Å². The lowest BCUT2D eigenvalue weighted by Gasteiger charge is -2.17. The van der Waals surface area contributed by atoms with Gasteiger partial charge in [-0.3, -0.25) is 9.59 Å². The molecule has 3 nitrogen and oxygen atoms in total. The molecular formula is C10H14O3. The molecule has 0 spiro atoms. The molecule has 0 aromatic carbocycles. The van der Waals surface area contributed by atoms with Gasteiger partial charge in [-0.1, -0.05) is 0 Å². The summed E-state index contributed by atoms with van der Waals surface area (Å²) in [6.07, 6.45) is 2.61. The molecule has 0 radical (unpaired) electrons. The number of ketones is 1. The number of ether oxygens (including phenoxy) is 1. The van der Waals surface area contributed by atoms with Crippen LogP contribution in [0.5, 0.6) is 0 Å². The average Bonchev–Trinajstić information content (AvgIpc) is 2.82. The first-order valence-electron chi connectivity index (χ1n) is 4.93. The zero-order valence-corrected chi connectivity index (χ0v) is 7.79. The van der Waals surface area contributed by atoms with Crippen LogP contribution in [0.2, 0.25) is 0 Å². The lowest BCUT2D eigenvalue weighted by Crippen LogP contribution is -2.31. The number of carbonyl (C=O) groups is 2. The predicted octanol–water partition coefficient (Wildman–Crippen LogP) is 1.16. The minimum absolute atomic E-state index is 0.0946. The van der Waals surface area contributed by atoms with Gasteiger partial charge in [0.05, 0.1) is 6.61 Å². The third-order valence-corrected chi connectivity index (χ3v) is 3.05. The van der Waals surface area contributed by atoms with Crippen molar-refractivity contribution in [1.29, 1.82) is 0 Å². The fourth-order valence-corrected chi connectivity index (χ4v) is 2.27. The Hall–Kier alpha value is -0.860. The van der Waals surface area contributed by atoms with E-state index in [4.69, 9.17) is 4.74 Å². The standard InChI is InChI=1S/C10H14O3/c1-2-13-10(12)9-7-5-6(7)3-4-8(9)11/h6-7,9H,2-5H2,1H3. The van der Waals surface area contributed by atoms with E-state index in [1.165, 1.54) is 0 Å². The SMILES string of the molecule is CCOC(=O)C1C(=O)CCC2CC21. The van der Waals surface area contributed by atoms with Gasteiger partial charge in [-0.2, -0.15) is 0 Å². The molecule has 13 heavy (non-hydrogen) atoms. The van der Waals surface area contributed by atoms with E-state index in [1.807, 2.05) is 0 Å². The number of hydrogen-bond donors (Lipinski definition) is 0. The molecule has 2 fully saturated rings. The van der Waals surface area contributed by atoms with Crippen LogP contribution < -0.4 is 0 Å². The summed E-state index contributed by atoms with van der Waals surface area (Å²) in [5.41, 5.74) is 0. The van der Waals surface area contributed by atoms with Crippen LogP contribution in [-0.2, 0) is 14.3 Å². The first-order valence-corrected chi connectivity index (χ1v) is 4.93. The number of hydrogen-bond acceptors (Lipinski definition) is 3.